The first-order valence-electron chi connectivity index (χ1n) is 3.44. The van der Waals surface area contributed by atoms with Crippen molar-refractivity contribution in [1.29, 1.82) is 0 Å². The molecule has 0 atom stereocenters. The average Bonchev–Trinajstić information content (AvgIpc) is 2.53. The van der Waals surface area contributed by atoms with Crippen LogP contribution in [0.2, 0.25) is 10.3 Å². The van der Waals surface area contributed by atoms with Crippen LogP contribution < -0.4 is 0 Å². The highest BCUT2D eigenvalue weighted by Crippen LogP contribution is 2.13. The van der Waals surface area contributed by atoms with Crippen molar-refractivity contribution in [3.63, 3.8) is 0 Å². The summed E-state index contributed by atoms with van der Waals surface area (Å²) in [6.07, 6.45) is 4.90. The molecule has 4 nitrogen and oxygen atoms in total. The van der Waals surface area contributed by atoms with Crippen LogP contribution in [0.1, 0.15) is 0 Å². The van der Waals surface area contributed by atoms with Gasteiger partial charge in [0.15, 0.2) is 0 Å². The van der Waals surface area contributed by atoms with E-state index in [0.29, 0.717) is 16.3 Å². The number of aromatic nitrogens is 4. The Labute approximate surface area is 84.2 Å². The molecule has 2 aromatic heterocycles. The van der Waals surface area contributed by atoms with E-state index in [1.165, 1.54) is 6.07 Å². The van der Waals surface area contributed by atoms with E-state index in [4.69, 9.17) is 23.2 Å². The molecular weight excluding hydrogens is 211 g/mol. The van der Waals surface area contributed by atoms with E-state index >= 15 is 0 Å². The minimum atomic E-state index is 0.309. The summed E-state index contributed by atoms with van der Waals surface area (Å²) in [6, 6.07) is 1.48. The first-order valence-corrected chi connectivity index (χ1v) is 4.20. The second kappa shape index (κ2) is 3.32. The summed E-state index contributed by atoms with van der Waals surface area (Å²) in [5, 5.41) is 0.618. The summed E-state index contributed by atoms with van der Waals surface area (Å²) in [6.45, 7) is 0. The molecule has 0 aliphatic carbocycles. The molecule has 0 amide bonds. The number of hydrogen-bond donors (Lipinski definition) is 0. The summed E-state index contributed by atoms with van der Waals surface area (Å²) < 4.78 is 1.62. The fraction of sp³-hybridized carbons (Fsp3) is 0. The van der Waals surface area contributed by atoms with Gasteiger partial charge in [0, 0.05) is 18.5 Å². The summed E-state index contributed by atoms with van der Waals surface area (Å²) in [5.74, 6) is 0.412. The molecule has 0 saturated carbocycles. The Morgan fingerprint density at radius 3 is 2.38 bits per heavy atom. The van der Waals surface area contributed by atoms with Crippen molar-refractivity contribution in [3.05, 3.63) is 35.1 Å². The van der Waals surface area contributed by atoms with Gasteiger partial charge in [-0.05, 0) is 0 Å². The van der Waals surface area contributed by atoms with Crippen molar-refractivity contribution in [2.75, 3.05) is 0 Å². The molecule has 0 bridgehead atoms. The Morgan fingerprint density at radius 1 is 1.15 bits per heavy atom. The van der Waals surface area contributed by atoms with Crippen LogP contribution in [0.3, 0.4) is 0 Å². The molecule has 0 aliphatic heterocycles. The third-order valence-corrected chi connectivity index (χ3v) is 1.77. The molecule has 0 fully saturated rings. The van der Waals surface area contributed by atoms with Crippen LogP contribution >= 0.6 is 23.2 Å². The molecule has 0 N–H and O–H groups in total. The number of rotatable bonds is 1. The Bertz CT molecular complexity index is 392. The van der Waals surface area contributed by atoms with Gasteiger partial charge in [-0.2, -0.15) is 0 Å². The molecule has 0 aromatic carbocycles. The van der Waals surface area contributed by atoms with E-state index in [1.807, 2.05) is 0 Å². The molecule has 2 heterocycles. The van der Waals surface area contributed by atoms with Gasteiger partial charge in [0.05, 0.1) is 0 Å². The van der Waals surface area contributed by atoms with E-state index in [-0.39, 0.29) is 0 Å². The minimum absolute atomic E-state index is 0.309. The first-order chi connectivity index (χ1) is 6.25. The van der Waals surface area contributed by atoms with Crippen molar-refractivity contribution < 1.29 is 0 Å². The maximum atomic E-state index is 5.70. The van der Waals surface area contributed by atoms with Gasteiger partial charge in [0.25, 0.3) is 0 Å². The maximum Gasteiger partial charge on any atom is 0.237 e. The molecular formula is C7H4Cl2N4. The molecule has 2 rings (SSSR count). The van der Waals surface area contributed by atoms with Gasteiger partial charge >= 0.3 is 0 Å². The lowest BCUT2D eigenvalue weighted by atomic mass is 10.6. The zero-order valence-corrected chi connectivity index (χ0v) is 7.87. The van der Waals surface area contributed by atoms with Gasteiger partial charge in [0.1, 0.15) is 16.6 Å². The van der Waals surface area contributed by atoms with E-state index in [1.54, 1.807) is 23.3 Å². The van der Waals surface area contributed by atoms with Crippen molar-refractivity contribution in [2.45, 2.75) is 0 Å². The largest absolute Gasteiger partial charge is 0.274 e. The van der Waals surface area contributed by atoms with Gasteiger partial charge in [-0.15, -0.1) is 0 Å². The highest BCUT2D eigenvalue weighted by atomic mass is 35.5. The topological polar surface area (TPSA) is 43.6 Å². The van der Waals surface area contributed by atoms with Crippen LogP contribution in [0.25, 0.3) is 5.95 Å². The SMILES string of the molecule is Clc1cc(Cl)nc(-n2ccnc2)n1. The van der Waals surface area contributed by atoms with Crippen LogP contribution in [0, 0.1) is 0 Å². The molecule has 13 heavy (non-hydrogen) atoms. The molecule has 0 radical (unpaired) electrons. The van der Waals surface area contributed by atoms with Gasteiger partial charge in [-0.25, -0.2) is 15.0 Å². The van der Waals surface area contributed by atoms with Crippen molar-refractivity contribution in [1.82, 2.24) is 19.5 Å². The summed E-state index contributed by atoms with van der Waals surface area (Å²) in [7, 11) is 0. The highest BCUT2D eigenvalue weighted by Gasteiger charge is 2.02. The van der Waals surface area contributed by atoms with Gasteiger partial charge in [-0.1, -0.05) is 23.2 Å². The van der Waals surface area contributed by atoms with Crippen molar-refractivity contribution in [2.24, 2.45) is 0 Å². The minimum Gasteiger partial charge on any atom is -0.274 e. The fourth-order valence-electron chi connectivity index (χ4n) is 0.872. The van der Waals surface area contributed by atoms with Crippen molar-refractivity contribution >= 4 is 23.2 Å². The van der Waals surface area contributed by atoms with Gasteiger partial charge in [-0.3, -0.25) is 4.57 Å². The Balaban J connectivity index is 2.53. The van der Waals surface area contributed by atoms with E-state index < -0.39 is 0 Å². The molecule has 0 saturated heterocycles. The van der Waals surface area contributed by atoms with Gasteiger partial charge in [0.2, 0.25) is 5.95 Å². The predicted octanol–water partition coefficient (Wildman–Crippen LogP) is 1.97. The third-order valence-electron chi connectivity index (χ3n) is 1.39. The Hall–Kier alpha value is -1.13. The molecule has 0 spiro atoms. The lowest BCUT2D eigenvalue weighted by Gasteiger charge is -1.99. The Kier molecular flexibility index (Phi) is 2.16. The quantitative estimate of drug-likeness (QED) is 0.683. The standard InChI is InChI=1S/C7H4Cl2N4/c8-5-3-6(9)12-7(11-5)13-2-1-10-4-13/h1-4H. The van der Waals surface area contributed by atoms with E-state index in [0.717, 1.165) is 0 Å². The second-order valence-corrected chi connectivity index (χ2v) is 3.06. The Morgan fingerprint density at radius 2 is 1.85 bits per heavy atom. The molecule has 0 aliphatic rings. The number of hydrogen-bond acceptors (Lipinski definition) is 3. The normalized spacial score (nSPS) is 10.3. The average molecular weight is 215 g/mol. The summed E-state index contributed by atoms with van der Waals surface area (Å²) in [4.78, 5) is 11.8. The fourth-order valence-corrected chi connectivity index (χ4v) is 1.29. The zero-order chi connectivity index (χ0) is 9.26. The van der Waals surface area contributed by atoms with Crippen LogP contribution in [0.15, 0.2) is 24.8 Å². The van der Waals surface area contributed by atoms with E-state index in [2.05, 4.69) is 15.0 Å². The van der Waals surface area contributed by atoms with Gasteiger partial charge < -0.3 is 0 Å². The maximum absolute atomic E-state index is 5.70. The molecule has 0 unspecified atom stereocenters. The molecule has 66 valence electrons. The van der Waals surface area contributed by atoms with Crippen LogP contribution in [-0.4, -0.2) is 19.5 Å². The lowest BCUT2D eigenvalue weighted by molar-refractivity contribution is 0.926. The van der Waals surface area contributed by atoms with Crippen molar-refractivity contribution in [3.8, 4) is 5.95 Å². The van der Waals surface area contributed by atoms with E-state index in [9.17, 15) is 0 Å². The number of imidazole rings is 1. The number of halogens is 2. The second-order valence-electron chi connectivity index (χ2n) is 2.28. The number of nitrogens with zero attached hydrogens (tertiary/aromatic N) is 4. The monoisotopic (exact) mass is 214 g/mol. The summed E-state index contributed by atoms with van der Waals surface area (Å²) >= 11 is 11.4. The highest BCUT2D eigenvalue weighted by molar-refractivity contribution is 6.33. The lowest BCUT2D eigenvalue weighted by Crippen LogP contribution is -1.98. The summed E-state index contributed by atoms with van der Waals surface area (Å²) in [5.41, 5.74) is 0. The van der Waals surface area contributed by atoms with Crippen LogP contribution in [0.4, 0.5) is 0 Å². The first kappa shape index (κ1) is 8.47. The molecule has 6 heteroatoms. The zero-order valence-electron chi connectivity index (χ0n) is 6.35. The third kappa shape index (κ3) is 1.79. The van der Waals surface area contributed by atoms with Crippen LogP contribution in [-0.2, 0) is 0 Å². The van der Waals surface area contributed by atoms with Crippen LogP contribution in [0.5, 0.6) is 0 Å². The predicted molar refractivity (Wildman–Crippen MR) is 49.2 cm³/mol. The molecule has 2 aromatic rings. The smallest absolute Gasteiger partial charge is 0.237 e.